The molecule has 2 unspecified atom stereocenters. The van der Waals surface area contributed by atoms with E-state index in [1.807, 2.05) is 12.1 Å². The summed E-state index contributed by atoms with van der Waals surface area (Å²) in [6.45, 7) is 2.84. The maximum Gasteiger partial charge on any atom is 0.100 e. The van der Waals surface area contributed by atoms with Crippen LogP contribution < -0.4 is 0 Å². The molecular weight excluding hydrogens is 234 g/mol. The van der Waals surface area contributed by atoms with E-state index in [1.54, 1.807) is 17.8 Å². The van der Waals surface area contributed by atoms with Gasteiger partial charge in [-0.15, -0.1) is 11.8 Å². The van der Waals surface area contributed by atoms with Crippen LogP contribution in [0.25, 0.3) is 0 Å². The average Bonchev–Trinajstić information content (AvgIpc) is 2.75. The van der Waals surface area contributed by atoms with Crippen LogP contribution in [0.15, 0.2) is 23.1 Å². The van der Waals surface area contributed by atoms with Crippen molar-refractivity contribution in [1.29, 1.82) is 5.26 Å². The van der Waals surface area contributed by atoms with Crippen molar-refractivity contribution in [3.63, 3.8) is 0 Å². The molecule has 0 spiro atoms. The maximum atomic E-state index is 9.10. The minimum Gasteiger partial charge on any atom is -0.392 e. The van der Waals surface area contributed by atoms with Crippen LogP contribution in [0.5, 0.6) is 0 Å². The molecule has 1 fully saturated rings. The van der Waals surface area contributed by atoms with Gasteiger partial charge in [-0.25, -0.2) is 0 Å². The minimum atomic E-state index is -0.0252. The zero-order valence-electron chi connectivity index (χ0n) is 9.72. The highest BCUT2D eigenvalue weighted by atomic mass is 32.2. The summed E-state index contributed by atoms with van der Waals surface area (Å²) >= 11 is 1.70. The molecule has 1 N–H and O–H groups in total. The Morgan fingerprint density at radius 2 is 2.41 bits per heavy atom. The molecule has 1 aliphatic heterocycles. The van der Waals surface area contributed by atoms with E-state index in [2.05, 4.69) is 13.0 Å². The fourth-order valence-electron chi connectivity index (χ4n) is 1.90. The molecule has 0 amide bonds. The van der Waals surface area contributed by atoms with Gasteiger partial charge in [0.1, 0.15) is 6.07 Å². The first kappa shape index (κ1) is 12.4. The van der Waals surface area contributed by atoms with Gasteiger partial charge in [-0.1, -0.05) is 6.07 Å². The third-order valence-corrected chi connectivity index (χ3v) is 4.46. The van der Waals surface area contributed by atoms with E-state index in [0.29, 0.717) is 10.8 Å². The lowest BCUT2D eigenvalue weighted by Gasteiger charge is -2.14. The molecule has 1 aliphatic rings. The number of hydrogen-bond acceptors (Lipinski definition) is 4. The Labute approximate surface area is 105 Å². The van der Waals surface area contributed by atoms with Gasteiger partial charge in [0, 0.05) is 16.8 Å². The zero-order chi connectivity index (χ0) is 12.3. The zero-order valence-corrected chi connectivity index (χ0v) is 10.5. The van der Waals surface area contributed by atoms with Crippen LogP contribution in [-0.4, -0.2) is 23.1 Å². The monoisotopic (exact) mass is 249 g/mol. The highest BCUT2D eigenvalue weighted by Crippen LogP contribution is 2.34. The van der Waals surface area contributed by atoms with Crippen LogP contribution in [0, 0.1) is 11.3 Å². The van der Waals surface area contributed by atoms with Crippen LogP contribution in [-0.2, 0) is 11.3 Å². The van der Waals surface area contributed by atoms with Crippen molar-refractivity contribution in [3.8, 4) is 6.07 Å². The van der Waals surface area contributed by atoms with Gasteiger partial charge in [0.05, 0.1) is 18.3 Å². The molecule has 1 saturated heterocycles. The molecule has 1 heterocycles. The second-order valence-electron chi connectivity index (χ2n) is 4.12. The number of nitriles is 1. The van der Waals surface area contributed by atoms with Gasteiger partial charge in [0.25, 0.3) is 0 Å². The minimum absolute atomic E-state index is 0.0252. The molecule has 0 radical (unpaired) electrons. The van der Waals surface area contributed by atoms with Crippen LogP contribution in [0.2, 0.25) is 0 Å². The maximum absolute atomic E-state index is 9.10. The number of benzene rings is 1. The standard InChI is InChI=1S/C13H15NO2S/c1-9-12(4-5-16-9)17-13-3-2-10(8-15)6-11(13)7-14/h2-3,6,9,12,15H,4-5,8H2,1H3. The second-order valence-corrected chi connectivity index (χ2v) is 5.40. The molecule has 0 bridgehead atoms. The molecule has 0 aromatic heterocycles. The van der Waals surface area contributed by atoms with Crippen molar-refractivity contribution < 1.29 is 9.84 Å². The van der Waals surface area contributed by atoms with E-state index in [1.165, 1.54) is 0 Å². The molecule has 90 valence electrons. The van der Waals surface area contributed by atoms with Crippen LogP contribution >= 0.6 is 11.8 Å². The number of rotatable bonds is 3. The molecular formula is C13H15NO2S. The van der Waals surface area contributed by atoms with E-state index >= 15 is 0 Å². The highest BCUT2D eigenvalue weighted by molar-refractivity contribution is 8.00. The Bertz CT molecular complexity index is 442. The lowest BCUT2D eigenvalue weighted by atomic mass is 10.1. The number of nitrogens with zero attached hydrogens (tertiary/aromatic N) is 1. The number of aliphatic hydroxyl groups excluding tert-OH is 1. The van der Waals surface area contributed by atoms with Crippen molar-refractivity contribution in [1.82, 2.24) is 0 Å². The predicted molar refractivity (Wildman–Crippen MR) is 66.8 cm³/mol. The first-order valence-electron chi connectivity index (χ1n) is 5.66. The van der Waals surface area contributed by atoms with Crippen molar-refractivity contribution in [3.05, 3.63) is 29.3 Å². The summed E-state index contributed by atoms with van der Waals surface area (Å²) in [6.07, 6.45) is 1.27. The van der Waals surface area contributed by atoms with E-state index < -0.39 is 0 Å². The second kappa shape index (κ2) is 5.54. The first-order chi connectivity index (χ1) is 8.24. The number of thioether (sulfide) groups is 1. The largest absolute Gasteiger partial charge is 0.392 e. The van der Waals surface area contributed by atoms with E-state index in [-0.39, 0.29) is 12.7 Å². The number of hydrogen-bond donors (Lipinski definition) is 1. The fourth-order valence-corrected chi connectivity index (χ4v) is 3.08. The highest BCUT2D eigenvalue weighted by Gasteiger charge is 2.25. The van der Waals surface area contributed by atoms with Gasteiger partial charge in [0.15, 0.2) is 0 Å². The summed E-state index contributed by atoms with van der Waals surface area (Å²) < 4.78 is 5.51. The quantitative estimate of drug-likeness (QED) is 0.893. The number of ether oxygens (including phenoxy) is 1. The normalized spacial score (nSPS) is 23.6. The van der Waals surface area contributed by atoms with E-state index in [4.69, 9.17) is 15.1 Å². The van der Waals surface area contributed by atoms with Gasteiger partial charge in [-0.05, 0) is 31.0 Å². The lowest BCUT2D eigenvalue weighted by molar-refractivity contribution is 0.127. The predicted octanol–water partition coefficient (Wildman–Crippen LogP) is 2.32. The van der Waals surface area contributed by atoms with Gasteiger partial charge in [-0.3, -0.25) is 0 Å². The summed E-state index contributed by atoms with van der Waals surface area (Å²) in [5.41, 5.74) is 1.42. The smallest absolute Gasteiger partial charge is 0.100 e. The molecule has 0 aliphatic carbocycles. The average molecular weight is 249 g/mol. The Morgan fingerprint density at radius 3 is 3.00 bits per heavy atom. The van der Waals surface area contributed by atoms with Gasteiger partial charge in [-0.2, -0.15) is 5.26 Å². The summed E-state index contributed by atoms with van der Waals surface area (Å²) in [5.74, 6) is 0. The third kappa shape index (κ3) is 2.81. The van der Waals surface area contributed by atoms with Crippen molar-refractivity contribution in [2.75, 3.05) is 6.61 Å². The first-order valence-corrected chi connectivity index (χ1v) is 6.54. The lowest BCUT2D eigenvalue weighted by Crippen LogP contribution is -2.13. The van der Waals surface area contributed by atoms with Crippen LogP contribution in [0.1, 0.15) is 24.5 Å². The van der Waals surface area contributed by atoms with E-state index in [0.717, 1.165) is 23.5 Å². The van der Waals surface area contributed by atoms with Crippen molar-refractivity contribution in [2.24, 2.45) is 0 Å². The molecule has 1 aromatic rings. The third-order valence-electron chi connectivity index (χ3n) is 2.93. The SMILES string of the molecule is CC1OCCC1Sc1ccc(CO)cc1C#N. The Morgan fingerprint density at radius 1 is 1.59 bits per heavy atom. The number of aliphatic hydroxyl groups is 1. The Hall–Kier alpha value is -1.02. The fraction of sp³-hybridized carbons (Fsp3) is 0.462. The van der Waals surface area contributed by atoms with Gasteiger partial charge < -0.3 is 9.84 Å². The van der Waals surface area contributed by atoms with Crippen LogP contribution in [0.4, 0.5) is 0 Å². The summed E-state index contributed by atoms with van der Waals surface area (Å²) in [4.78, 5) is 0.979. The van der Waals surface area contributed by atoms with Crippen molar-refractivity contribution in [2.45, 2.75) is 36.2 Å². The summed E-state index contributed by atoms with van der Waals surface area (Å²) in [7, 11) is 0. The molecule has 2 atom stereocenters. The van der Waals surface area contributed by atoms with Gasteiger partial charge in [0.2, 0.25) is 0 Å². The van der Waals surface area contributed by atoms with Crippen molar-refractivity contribution >= 4 is 11.8 Å². The van der Waals surface area contributed by atoms with Crippen LogP contribution in [0.3, 0.4) is 0 Å². The molecule has 17 heavy (non-hydrogen) atoms. The molecule has 1 aromatic carbocycles. The Balaban J connectivity index is 2.18. The molecule has 0 saturated carbocycles. The van der Waals surface area contributed by atoms with E-state index in [9.17, 15) is 0 Å². The summed E-state index contributed by atoms with van der Waals surface area (Å²) in [6, 6.07) is 7.72. The molecule has 3 nitrogen and oxygen atoms in total. The topological polar surface area (TPSA) is 53.2 Å². The Kier molecular flexibility index (Phi) is 4.06. The summed E-state index contributed by atoms with van der Waals surface area (Å²) in [5, 5.41) is 18.6. The van der Waals surface area contributed by atoms with Gasteiger partial charge >= 0.3 is 0 Å². The molecule has 4 heteroatoms. The molecule has 2 rings (SSSR count).